The van der Waals surface area contributed by atoms with Gasteiger partial charge < -0.3 is 19.7 Å². The number of rotatable bonds is 6. The molecule has 7 heteroatoms. The van der Waals surface area contributed by atoms with Gasteiger partial charge in [0.25, 0.3) is 0 Å². The standard InChI is InChI=1S/C19H24N4O3/c1-25-16-7-5-14(6-8-16)12-20-19(24)15-4-3-11-23(13-15)17-9-10-18(26-2)22-21-17/h5-10,15H,3-4,11-13H2,1-2H3,(H,20,24)/t15-/m0/s1. The molecule has 7 nitrogen and oxygen atoms in total. The minimum Gasteiger partial charge on any atom is -0.497 e. The summed E-state index contributed by atoms with van der Waals surface area (Å²) in [5.41, 5.74) is 1.05. The molecule has 0 unspecified atom stereocenters. The van der Waals surface area contributed by atoms with Crippen LogP contribution in [0.3, 0.4) is 0 Å². The number of aromatic nitrogens is 2. The van der Waals surface area contributed by atoms with E-state index >= 15 is 0 Å². The summed E-state index contributed by atoms with van der Waals surface area (Å²) < 4.78 is 10.2. The Labute approximate surface area is 153 Å². The van der Waals surface area contributed by atoms with Crippen molar-refractivity contribution in [2.24, 2.45) is 5.92 Å². The highest BCUT2D eigenvalue weighted by Crippen LogP contribution is 2.22. The second kappa shape index (κ2) is 8.51. The van der Waals surface area contributed by atoms with Crippen LogP contribution in [0.25, 0.3) is 0 Å². The van der Waals surface area contributed by atoms with Gasteiger partial charge in [0.15, 0.2) is 5.82 Å². The third kappa shape index (κ3) is 4.41. The topological polar surface area (TPSA) is 76.6 Å². The lowest BCUT2D eigenvalue weighted by molar-refractivity contribution is -0.125. The third-order valence-electron chi connectivity index (χ3n) is 4.58. The summed E-state index contributed by atoms with van der Waals surface area (Å²) in [6.45, 7) is 2.04. The molecule has 2 heterocycles. The van der Waals surface area contributed by atoms with E-state index in [2.05, 4.69) is 20.4 Å². The summed E-state index contributed by atoms with van der Waals surface area (Å²) in [6.07, 6.45) is 1.84. The van der Waals surface area contributed by atoms with Crippen molar-refractivity contribution in [3.63, 3.8) is 0 Å². The Bertz CT molecular complexity index is 719. The Hall–Kier alpha value is -2.83. The first kappa shape index (κ1) is 18.0. The van der Waals surface area contributed by atoms with Crippen molar-refractivity contribution in [2.45, 2.75) is 19.4 Å². The van der Waals surface area contributed by atoms with Gasteiger partial charge in [-0.05, 0) is 36.6 Å². The highest BCUT2D eigenvalue weighted by atomic mass is 16.5. The molecule has 0 bridgehead atoms. The molecule has 1 aliphatic heterocycles. The first-order chi connectivity index (χ1) is 12.7. The van der Waals surface area contributed by atoms with Crippen molar-refractivity contribution in [3.8, 4) is 11.6 Å². The zero-order valence-corrected chi connectivity index (χ0v) is 15.1. The number of amides is 1. The molecular formula is C19H24N4O3. The van der Waals surface area contributed by atoms with Crippen LogP contribution in [0, 0.1) is 5.92 Å². The van der Waals surface area contributed by atoms with Gasteiger partial charge in [0.1, 0.15) is 5.75 Å². The maximum atomic E-state index is 12.6. The predicted octanol–water partition coefficient (Wildman–Crippen LogP) is 2.03. The summed E-state index contributed by atoms with van der Waals surface area (Å²) in [7, 11) is 3.20. The number of piperidine rings is 1. The van der Waals surface area contributed by atoms with E-state index in [1.54, 1.807) is 20.3 Å². The summed E-state index contributed by atoms with van der Waals surface area (Å²) in [5, 5.41) is 11.2. The van der Waals surface area contributed by atoms with Gasteiger partial charge >= 0.3 is 0 Å². The first-order valence-corrected chi connectivity index (χ1v) is 8.73. The summed E-state index contributed by atoms with van der Waals surface area (Å²) in [5.74, 6) is 2.10. The number of nitrogens with zero attached hydrogens (tertiary/aromatic N) is 3. The van der Waals surface area contributed by atoms with Gasteiger partial charge in [-0.3, -0.25) is 4.79 Å². The van der Waals surface area contributed by atoms with E-state index < -0.39 is 0 Å². The van der Waals surface area contributed by atoms with Crippen LogP contribution in [0.2, 0.25) is 0 Å². The lowest BCUT2D eigenvalue weighted by Gasteiger charge is -2.32. The van der Waals surface area contributed by atoms with Crippen molar-refractivity contribution < 1.29 is 14.3 Å². The molecule has 1 fully saturated rings. The number of benzene rings is 1. The van der Waals surface area contributed by atoms with E-state index in [4.69, 9.17) is 9.47 Å². The van der Waals surface area contributed by atoms with Crippen molar-refractivity contribution in [3.05, 3.63) is 42.0 Å². The molecule has 1 N–H and O–H groups in total. The first-order valence-electron chi connectivity index (χ1n) is 8.73. The number of ether oxygens (including phenoxy) is 2. The van der Waals surface area contributed by atoms with Gasteiger partial charge in [-0.2, -0.15) is 0 Å². The SMILES string of the molecule is COc1ccc(CNC(=O)[C@H]2CCCN(c3ccc(OC)nn3)C2)cc1. The molecule has 1 atom stereocenters. The monoisotopic (exact) mass is 356 g/mol. The van der Waals surface area contributed by atoms with Crippen molar-refractivity contribution >= 4 is 11.7 Å². The number of carbonyl (C=O) groups is 1. The molecule has 1 saturated heterocycles. The van der Waals surface area contributed by atoms with Crippen LogP contribution < -0.4 is 19.7 Å². The molecule has 2 aromatic rings. The highest BCUT2D eigenvalue weighted by Gasteiger charge is 2.26. The van der Waals surface area contributed by atoms with Crippen molar-refractivity contribution in [1.29, 1.82) is 0 Å². The normalized spacial score (nSPS) is 16.8. The van der Waals surface area contributed by atoms with Crippen LogP contribution in [0.5, 0.6) is 11.6 Å². The molecule has 26 heavy (non-hydrogen) atoms. The molecule has 1 aromatic heterocycles. The van der Waals surface area contributed by atoms with Crippen LogP contribution >= 0.6 is 0 Å². The maximum Gasteiger partial charge on any atom is 0.233 e. The zero-order valence-electron chi connectivity index (χ0n) is 15.1. The largest absolute Gasteiger partial charge is 0.497 e. The summed E-state index contributed by atoms with van der Waals surface area (Å²) in [6, 6.07) is 11.4. The van der Waals surface area contributed by atoms with Gasteiger partial charge in [-0.15, -0.1) is 10.2 Å². The van der Waals surface area contributed by atoms with E-state index in [1.807, 2.05) is 30.3 Å². The van der Waals surface area contributed by atoms with E-state index in [-0.39, 0.29) is 11.8 Å². The van der Waals surface area contributed by atoms with Crippen LogP contribution in [0.15, 0.2) is 36.4 Å². The van der Waals surface area contributed by atoms with Crippen LogP contribution in [-0.4, -0.2) is 43.4 Å². The minimum absolute atomic E-state index is 0.0501. The lowest BCUT2D eigenvalue weighted by Crippen LogP contribution is -2.43. The minimum atomic E-state index is -0.0501. The molecule has 0 spiro atoms. The number of anilines is 1. The smallest absolute Gasteiger partial charge is 0.233 e. The van der Waals surface area contributed by atoms with E-state index in [0.29, 0.717) is 19.0 Å². The van der Waals surface area contributed by atoms with E-state index in [0.717, 1.165) is 36.5 Å². The molecule has 0 aliphatic carbocycles. The Morgan fingerprint density at radius 2 is 1.96 bits per heavy atom. The molecule has 0 saturated carbocycles. The van der Waals surface area contributed by atoms with Crippen LogP contribution in [-0.2, 0) is 11.3 Å². The zero-order chi connectivity index (χ0) is 18.4. The Morgan fingerprint density at radius 3 is 2.62 bits per heavy atom. The summed E-state index contributed by atoms with van der Waals surface area (Å²) in [4.78, 5) is 14.7. The Kier molecular flexibility index (Phi) is 5.88. The number of nitrogens with one attached hydrogen (secondary N) is 1. The molecular weight excluding hydrogens is 332 g/mol. The van der Waals surface area contributed by atoms with Gasteiger partial charge in [-0.1, -0.05) is 12.1 Å². The van der Waals surface area contributed by atoms with E-state index in [9.17, 15) is 4.79 Å². The maximum absolute atomic E-state index is 12.6. The lowest BCUT2D eigenvalue weighted by atomic mass is 9.97. The molecule has 138 valence electrons. The molecule has 1 aliphatic rings. The van der Waals surface area contributed by atoms with Crippen LogP contribution in [0.4, 0.5) is 5.82 Å². The van der Waals surface area contributed by atoms with Gasteiger partial charge in [0.05, 0.1) is 20.1 Å². The van der Waals surface area contributed by atoms with E-state index in [1.165, 1.54) is 0 Å². The molecule has 0 radical (unpaired) electrons. The van der Waals surface area contributed by atoms with Crippen molar-refractivity contribution in [2.75, 3.05) is 32.2 Å². The highest BCUT2D eigenvalue weighted by molar-refractivity contribution is 5.79. The quantitative estimate of drug-likeness (QED) is 0.853. The second-order valence-corrected chi connectivity index (χ2v) is 6.28. The van der Waals surface area contributed by atoms with Gasteiger partial charge in [0.2, 0.25) is 11.8 Å². The number of methoxy groups -OCH3 is 2. The predicted molar refractivity (Wildman–Crippen MR) is 98.4 cm³/mol. The third-order valence-corrected chi connectivity index (χ3v) is 4.58. The fourth-order valence-electron chi connectivity index (χ4n) is 3.07. The fourth-order valence-corrected chi connectivity index (χ4v) is 3.07. The summed E-state index contributed by atoms with van der Waals surface area (Å²) >= 11 is 0. The second-order valence-electron chi connectivity index (χ2n) is 6.28. The average molecular weight is 356 g/mol. The van der Waals surface area contributed by atoms with Crippen molar-refractivity contribution in [1.82, 2.24) is 15.5 Å². The molecule has 3 rings (SSSR count). The Balaban J connectivity index is 1.54. The fraction of sp³-hybridized carbons (Fsp3) is 0.421. The number of carbonyl (C=O) groups excluding carboxylic acids is 1. The van der Waals surface area contributed by atoms with Crippen LogP contribution in [0.1, 0.15) is 18.4 Å². The molecule has 1 aromatic carbocycles. The van der Waals surface area contributed by atoms with Gasteiger partial charge in [-0.25, -0.2) is 0 Å². The van der Waals surface area contributed by atoms with Gasteiger partial charge in [0, 0.05) is 25.7 Å². The average Bonchev–Trinajstić information content (AvgIpc) is 2.72. The molecule has 1 amide bonds. The number of hydrogen-bond acceptors (Lipinski definition) is 6. The number of hydrogen-bond donors (Lipinski definition) is 1. The Morgan fingerprint density at radius 1 is 1.15 bits per heavy atom.